The van der Waals surface area contributed by atoms with Gasteiger partial charge in [-0.25, -0.2) is 9.97 Å². The molecule has 1 amide bonds. The number of nitrogens with zero attached hydrogens (tertiary/aromatic N) is 3. The fourth-order valence-corrected chi connectivity index (χ4v) is 3.10. The highest BCUT2D eigenvalue weighted by molar-refractivity contribution is 5.93. The molecule has 2 heterocycles. The van der Waals surface area contributed by atoms with E-state index in [9.17, 15) is 4.79 Å². The van der Waals surface area contributed by atoms with Gasteiger partial charge in [0, 0.05) is 25.2 Å². The molecule has 1 aliphatic heterocycles. The Morgan fingerprint density at radius 1 is 1.35 bits per heavy atom. The van der Waals surface area contributed by atoms with Crippen molar-refractivity contribution < 1.29 is 4.79 Å². The van der Waals surface area contributed by atoms with Gasteiger partial charge >= 0.3 is 0 Å². The maximum Gasteiger partial charge on any atom is 0.252 e. The molecule has 0 spiro atoms. The molecule has 5 nitrogen and oxygen atoms in total. The third kappa shape index (κ3) is 3.74. The summed E-state index contributed by atoms with van der Waals surface area (Å²) in [5, 5.41) is 0. The van der Waals surface area contributed by atoms with Gasteiger partial charge in [0.1, 0.15) is 5.82 Å². The number of primary amides is 1. The molecule has 1 aliphatic rings. The maximum atomic E-state index is 11.3. The van der Waals surface area contributed by atoms with Gasteiger partial charge in [0.15, 0.2) is 0 Å². The predicted octanol–water partition coefficient (Wildman–Crippen LogP) is 1.92. The number of aryl methyl sites for hydroxylation is 1. The van der Waals surface area contributed by atoms with Crippen molar-refractivity contribution >= 4 is 5.91 Å². The topological polar surface area (TPSA) is 72.1 Å². The van der Waals surface area contributed by atoms with Crippen LogP contribution in [0.1, 0.15) is 39.8 Å². The number of aromatic nitrogens is 2. The highest BCUT2D eigenvalue weighted by atomic mass is 16.1. The number of carbonyl (C=O) groups excluding carboxylic acids is 1. The zero-order valence-corrected chi connectivity index (χ0v) is 13.4. The van der Waals surface area contributed by atoms with Crippen molar-refractivity contribution in [1.82, 2.24) is 14.9 Å². The number of likely N-dealkylation sites (tertiary alicyclic amines) is 1. The van der Waals surface area contributed by atoms with Crippen LogP contribution in [0.25, 0.3) is 0 Å². The van der Waals surface area contributed by atoms with Gasteiger partial charge in [-0.1, -0.05) is 30.3 Å². The summed E-state index contributed by atoms with van der Waals surface area (Å²) in [6, 6.07) is 10.5. The number of benzene rings is 1. The highest BCUT2D eigenvalue weighted by Crippen LogP contribution is 2.25. The summed E-state index contributed by atoms with van der Waals surface area (Å²) in [6.07, 6.45) is 3.69. The molecule has 2 aromatic rings. The van der Waals surface area contributed by atoms with E-state index < -0.39 is 5.91 Å². The molecule has 0 bridgehead atoms. The van der Waals surface area contributed by atoms with Crippen LogP contribution in [0.4, 0.5) is 0 Å². The van der Waals surface area contributed by atoms with E-state index in [1.807, 2.05) is 13.0 Å². The van der Waals surface area contributed by atoms with Crippen molar-refractivity contribution in [3.8, 4) is 0 Å². The van der Waals surface area contributed by atoms with Gasteiger partial charge in [-0.2, -0.15) is 0 Å². The Hall–Kier alpha value is -2.27. The lowest BCUT2D eigenvalue weighted by molar-refractivity contribution is 0.0999. The Morgan fingerprint density at radius 2 is 2.13 bits per heavy atom. The molecule has 23 heavy (non-hydrogen) atoms. The summed E-state index contributed by atoms with van der Waals surface area (Å²) in [5.74, 6) is 0.700. The number of hydrogen-bond acceptors (Lipinski definition) is 4. The monoisotopic (exact) mass is 310 g/mol. The van der Waals surface area contributed by atoms with Crippen molar-refractivity contribution in [1.29, 1.82) is 0 Å². The van der Waals surface area contributed by atoms with Crippen LogP contribution >= 0.6 is 0 Å². The smallest absolute Gasteiger partial charge is 0.252 e. The van der Waals surface area contributed by atoms with E-state index in [0.717, 1.165) is 38.3 Å². The molecule has 1 fully saturated rings. The molecular weight excluding hydrogens is 288 g/mol. The van der Waals surface area contributed by atoms with E-state index in [4.69, 9.17) is 5.73 Å². The zero-order valence-electron chi connectivity index (χ0n) is 13.4. The van der Waals surface area contributed by atoms with Crippen molar-refractivity contribution in [3.63, 3.8) is 0 Å². The van der Waals surface area contributed by atoms with Crippen LogP contribution < -0.4 is 5.73 Å². The molecule has 3 rings (SSSR count). The van der Waals surface area contributed by atoms with Gasteiger partial charge in [0.05, 0.1) is 11.3 Å². The van der Waals surface area contributed by atoms with Crippen molar-refractivity contribution in [2.75, 3.05) is 19.6 Å². The largest absolute Gasteiger partial charge is 0.365 e. The lowest BCUT2D eigenvalue weighted by Crippen LogP contribution is -2.23. The summed E-state index contributed by atoms with van der Waals surface area (Å²) < 4.78 is 0. The molecule has 0 saturated carbocycles. The van der Waals surface area contributed by atoms with Gasteiger partial charge in [-0.15, -0.1) is 0 Å². The molecular formula is C18H22N4O. The number of nitrogens with two attached hydrogens (primary N) is 1. The normalized spacial score (nSPS) is 18.2. The summed E-state index contributed by atoms with van der Waals surface area (Å²) >= 11 is 0. The minimum Gasteiger partial charge on any atom is -0.365 e. The standard InChI is InChI=1S/C18H22N4O/c1-13-16(17(19)23)11-20-18(21-13)15-8-10-22(12-15)9-7-14-5-3-2-4-6-14/h2-6,11,15H,7-10,12H2,1H3,(H2,19,23)/t15-/m1/s1. The highest BCUT2D eigenvalue weighted by Gasteiger charge is 2.26. The van der Waals surface area contributed by atoms with E-state index in [1.165, 1.54) is 5.56 Å². The Labute approximate surface area is 136 Å². The Balaban J connectivity index is 1.59. The lowest BCUT2D eigenvalue weighted by atomic mass is 10.1. The molecule has 0 unspecified atom stereocenters. The minimum atomic E-state index is -0.468. The summed E-state index contributed by atoms with van der Waals surface area (Å²) in [7, 11) is 0. The third-order valence-electron chi connectivity index (χ3n) is 4.46. The number of rotatable bonds is 5. The SMILES string of the molecule is Cc1nc([C@@H]2CCN(CCc3ccccc3)C2)ncc1C(N)=O. The predicted molar refractivity (Wildman–Crippen MR) is 89.2 cm³/mol. The summed E-state index contributed by atoms with van der Waals surface area (Å²) in [4.78, 5) is 22.6. The van der Waals surface area contributed by atoms with E-state index in [0.29, 0.717) is 17.2 Å². The van der Waals surface area contributed by atoms with E-state index in [1.54, 1.807) is 6.20 Å². The quantitative estimate of drug-likeness (QED) is 0.916. The molecule has 120 valence electrons. The van der Waals surface area contributed by atoms with Crippen LogP contribution in [0.15, 0.2) is 36.5 Å². The second-order valence-corrected chi connectivity index (χ2v) is 6.11. The van der Waals surface area contributed by atoms with Crippen LogP contribution in [-0.4, -0.2) is 40.4 Å². The number of hydrogen-bond donors (Lipinski definition) is 1. The van der Waals surface area contributed by atoms with Gasteiger partial charge in [0.2, 0.25) is 0 Å². The van der Waals surface area contributed by atoms with Crippen LogP contribution in [0.5, 0.6) is 0 Å². The molecule has 0 aliphatic carbocycles. The van der Waals surface area contributed by atoms with E-state index >= 15 is 0 Å². The van der Waals surface area contributed by atoms with Crippen LogP contribution in [0.2, 0.25) is 0 Å². The van der Waals surface area contributed by atoms with E-state index in [2.05, 4.69) is 39.1 Å². The average molecular weight is 310 g/mol. The van der Waals surface area contributed by atoms with Crippen molar-refractivity contribution in [3.05, 3.63) is 59.2 Å². The molecule has 1 aromatic carbocycles. The first-order valence-corrected chi connectivity index (χ1v) is 8.03. The first-order chi connectivity index (χ1) is 11.1. The molecule has 1 saturated heterocycles. The van der Waals surface area contributed by atoms with Crippen molar-refractivity contribution in [2.45, 2.75) is 25.7 Å². The average Bonchev–Trinajstić information content (AvgIpc) is 3.02. The minimum absolute atomic E-state index is 0.339. The summed E-state index contributed by atoms with van der Waals surface area (Å²) in [6.45, 7) is 4.91. The maximum absolute atomic E-state index is 11.3. The number of amides is 1. The lowest BCUT2D eigenvalue weighted by Gasteiger charge is -2.15. The van der Waals surface area contributed by atoms with E-state index in [-0.39, 0.29) is 0 Å². The molecule has 1 atom stereocenters. The first-order valence-electron chi connectivity index (χ1n) is 8.03. The van der Waals surface area contributed by atoms with Gasteiger partial charge in [-0.05, 0) is 31.9 Å². The second kappa shape index (κ2) is 6.87. The molecule has 1 aromatic heterocycles. The van der Waals surface area contributed by atoms with Crippen LogP contribution in [-0.2, 0) is 6.42 Å². The molecule has 5 heteroatoms. The fraction of sp³-hybridized carbons (Fsp3) is 0.389. The van der Waals surface area contributed by atoms with Gasteiger partial charge in [-0.3, -0.25) is 4.79 Å². The molecule has 0 radical (unpaired) electrons. The first kappa shape index (κ1) is 15.6. The number of carbonyl (C=O) groups is 1. The fourth-order valence-electron chi connectivity index (χ4n) is 3.10. The molecule has 2 N–H and O–H groups in total. The Morgan fingerprint density at radius 3 is 2.83 bits per heavy atom. The third-order valence-corrected chi connectivity index (χ3v) is 4.46. The van der Waals surface area contributed by atoms with Gasteiger partial charge in [0.25, 0.3) is 5.91 Å². The van der Waals surface area contributed by atoms with Gasteiger partial charge < -0.3 is 10.6 Å². The second-order valence-electron chi connectivity index (χ2n) is 6.11. The Kier molecular flexibility index (Phi) is 4.67. The zero-order chi connectivity index (χ0) is 16.2. The van der Waals surface area contributed by atoms with Crippen LogP contribution in [0, 0.1) is 6.92 Å². The van der Waals surface area contributed by atoms with Crippen LogP contribution in [0.3, 0.4) is 0 Å². The Bertz CT molecular complexity index is 687. The summed E-state index contributed by atoms with van der Waals surface area (Å²) in [5.41, 5.74) is 7.76. The van der Waals surface area contributed by atoms with Crippen molar-refractivity contribution in [2.24, 2.45) is 5.73 Å².